The molecule has 1 saturated carbocycles. The summed E-state index contributed by atoms with van der Waals surface area (Å²) in [5, 5.41) is 0. The third kappa shape index (κ3) is 1.71. The number of rotatable bonds is 1. The molecule has 1 aliphatic carbocycles. The normalized spacial score (nSPS) is 30.3. The highest BCUT2D eigenvalue weighted by atomic mass is 19.4. The molecule has 2 rings (SSSR count). The molecule has 2 atom stereocenters. The first-order valence-corrected chi connectivity index (χ1v) is 4.46. The SMILES string of the molecule is N[C@H]1C[C@@]1(F)c1cccc(C(F)(F)F)c1. The molecular formula is C10H9F4N. The highest BCUT2D eigenvalue weighted by molar-refractivity contribution is 5.36. The van der Waals surface area contributed by atoms with Crippen LogP contribution in [0.15, 0.2) is 24.3 Å². The van der Waals surface area contributed by atoms with E-state index < -0.39 is 23.5 Å². The Labute approximate surface area is 83.9 Å². The zero-order chi connectivity index (χ0) is 11.3. The molecule has 15 heavy (non-hydrogen) atoms. The Balaban J connectivity index is 2.36. The fourth-order valence-electron chi connectivity index (χ4n) is 1.55. The van der Waals surface area contributed by atoms with Gasteiger partial charge in [0.1, 0.15) is 0 Å². The molecule has 1 aliphatic rings. The lowest BCUT2D eigenvalue weighted by molar-refractivity contribution is -0.137. The van der Waals surface area contributed by atoms with E-state index in [1.807, 2.05) is 0 Å². The maximum atomic E-state index is 13.7. The summed E-state index contributed by atoms with van der Waals surface area (Å²) in [7, 11) is 0. The average molecular weight is 219 g/mol. The number of alkyl halides is 4. The van der Waals surface area contributed by atoms with Crippen LogP contribution in [0.3, 0.4) is 0 Å². The van der Waals surface area contributed by atoms with Gasteiger partial charge in [-0.25, -0.2) is 4.39 Å². The summed E-state index contributed by atoms with van der Waals surface area (Å²) < 4.78 is 50.7. The summed E-state index contributed by atoms with van der Waals surface area (Å²) in [6, 6.07) is 3.60. The highest BCUT2D eigenvalue weighted by Gasteiger charge is 2.54. The molecule has 0 aliphatic heterocycles. The third-order valence-corrected chi connectivity index (χ3v) is 2.61. The molecule has 0 saturated heterocycles. The Bertz CT molecular complexity index is 387. The molecule has 1 nitrogen and oxygen atoms in total. The Hall–Kier alpha value is -1.10. The van der Waals surface area contributed by atoms with Crippen LogP contribution >= 0.6 is 0 Å². The van der Waals surface area contributed by atoms with Crippen molar-refractivity contribution < 1.29 is 17.6 Å². The van der Waals surface area contributed by atoms with Crippen LogP contribution in [0.5, 0.6) is 0 Å². The molecule has 0 unspecified atom stereocenters. The molecule has 0 amide bonds. The van der Waals surface area contributed by atoms with Crippen molar-refractivity contribution in [3.05, 3.63) is 35.4 Å². The Kier molecular flexibility index (Phi) is 2.05. The van der Waals surface area contributed by atoms with E-state index in [-0.39, 0.29) is 12.0 Å². The van der Waals surface area contributed by atoms with Crippen molar-refractivity contribution in [2.45, 2.75) is 24.3 Å². The average Bonchev–Trinajstić information content (AvgIpc) is 2.75. The topological polar surface area (TPSA) is 26.0 Å². The van der Waals surface area contributed by atoms with Gasteiger partial charge in [0, 0.05) is 12.5 Å². The van der Waals surface area contributed by atoms with Crippen molar-refractivity contribution in [2.24, 2.45) is 5.73 Å². The van der Waals surface area contributed by atoms with Crippen LogP contribution in [-0.4, -0.2) is 6.04 Å². The first-order valence-electron chi connectivity index (χ1n) is 4.46. The number of halogens is 4. The summed E-state index contributed by atoms with van der Waals surface area (Å²) in [4.78, 5) is 0. The summed E-state index contributed by atoms with van der Waals surface area (Å²) in [6.07, 6.45) is -4.35. The van der Waals surface area contributed by atoms with E-state index in [4.69, 9.17) is 5.73 Å². The smallest absolute Gasteiger partial charge is 0.325 e. The predicted molar refractivity (Wildman–Crippen MR) is 46.8 cm³/mol. The number of nitrogens with two attached hydrogens (primary N) is 1. The summed E-state index contributed by atoms with van der Waals surface area (Å²) in [5.74, 6) is 0. The molecular weight excluding hydrogens is 210 g/mol. The van der Waals surface area contributed by atoms with Crippen molar-refractivity contribution in [3.63, 3.8) is 0 Å². The van der Waals surface area contributed by atoms with Crippen molar-refractivity contribution in [1.29, 1.82) is 0 Å². The predicted octanol–water partition coefficient (Wildman–Crippen LogP) is 2.60. The molecule has 1 aromatic carbocycles. The summed E-state index contributed by atoms with van der Waals surface area (Å²) >= 11 is 0. The number of hydrogen-bond acceptors (Lipinski definition) is 1. The minimum absolute atomic E-state index is 0.0184. The highest BCUT2D eigenvalue weighted by Crippen LogP contribution is 2.49. The lowest BCUT2D eigenvalue weighted by Gasteiger charge is -2.11. The van der Waals surface area contributed by atoms with Gasteiger partial charge in [0.15, 0.2) is 5.67 Å². The minimum atomic E-state index is -4.44. The van der Waals surface area contributed by atoms with Gasteiger partial charge in [-0.15, -0.1) is 0 Å². The zero-order valence-corrected chi connectivity index (χ0v) is 7.68. The van der Waals surface area contributed by atoms with Crippen LogP contribution in [0.2, 0.25) is 0 Å². The lowest BCUT2D eigenvalue weighted by atomic mass is 10.0. The van der Waals surface area contributed by atoms with Crippen LogP contribution in [-0.2, 0) is 11.8 Å². The fourth-order valence-corrected chi connectivity index (χ4v) is 1.55. The van der Waals surface area contributed by atoms with E-state index in [1.54, 1.807) is 0 Å². The fraction of sp³-hybridized carbons (Fsp3) is 0.400. The lowest BCUT2D eigenvalue weighted by Crippen LogP contribution is -2.14. The number of benzene rings is 1. The number of hydrogen-bond donors (Lipinski definition) is 1. The second kappa shape index (κ2) is 2.95. The van der Waals surface area contributed by atoms with Crippen LogP contribution in [0.1, 0.15) is 17.5 Å². The van der Waals surface area contributed by atoms with Crippen molar-refractivity contribution in [2.75, 3.05) is 0 Å². The largest absolute Gasteiger partial charge is 0.416 e. The molecule has 1 fully saturated rings. The van der Waals surface area contributed by atoms with Gasteiger partial charge in [-0.1, -0.05) is 12.1 Å². The molecule has 0 bridgehead atoms. The van der Waals surface area contributed by atoms with Crippen LogP contribution in [0.4, 0.5) is 17.6 Å². The molecule has 0 aromatic heterocycles. The molecule has 82 valence electrons. The monoisotopic (exact) mass is 219 g/mol. The maximum absolute atomic E-state index is 13.7. The first-order chi connectivity index (χ1) is 6.84. The van der Waals surface area contributed by atoms with E-state index in [9.17, 15) is 17.6 Å². The van der Waals surface area contributed by atoms with E-state index >= 15 is 0 Å². The second-order valence-corrected chi connectivity index (χ2v) is 3.75. The molecule has 1 aromatic rings. The van der Waals surface area contributed by atoms with Gasteiger partial charge in [0.25, 0.3) is 0 Å². The van der Waals surface area contributed by atoms with Gasteiger partial charge in [-0.05, 0) is 17.7 Å². The van der Waals surface area contributed by atoms with Crippen molar-refractivity contribution >= 4 is 0 Å². The zero-order valence-electron chi connectivity index (χ0n) is 7.68. The summed E-state index contributed by atoms with van der Waals surface area (Å²) in [5.41, 5.74) is 2.75. The van der Waals surface area contributed by atoms with E-state index in [0.29, 0.717) is 0 Å². The maximum Gasteiger partial charge on any atom is 0.416 e. The summed E-state index contributed by atoms with van der Waals surface area (Å²) in [6.45, 7) is 0. The van der Waals surface area contributed by atoms with Gasteiger partial charge in [-0.3, -0.25) is 0 Å². The van der Waals surface area contributed by atoms with Crippen LogP contribution in [0, 0.1) is 0 Å². The standard InChI is InChI=1S/C10H9F4N/c11-9(5-8(9)15)6-2-1-3-7(4-6)10(12,13)14/h1-4,8H,5,15H2/t8-,9+/m0/s1. The van der Waals surface area contributed by atoms with Gasteiger partial charge >= 0.3 is 6.18 Å². The molecule has 5 heteroatoms. The van der Waals surface area contributed by atoms with Crippen LogP contribution < -0.4 is 5.73 Å². The molecule has 0 heterocycles. The van der Waals surface area contributed by atoms with Crippen LogP contribution in [0.25, 0.3) is 0 Å². The minimum Gasteiger partial charge on any atom is -0.325 e. The van der Waals surface area contributed by atoms with Crippen molar-refractivity contribution in [3.8, 4) is 0 Å². The Morgan fingerprint density at radius 1 is 1.33 bits per heavy atom. The van der Waals surface area contributed by atoms with Gasteiger partial charge in [-0.2, -0.15) is 13.2 Å². The first kappa shape index (κ1) is 10.4. The molecule has 2 N–H and O–H groups in total. The Morgan fingerprint density at radius 2 is 1.93 bits per heavy atom. The quantitative estimate of drug-likeness (QED) is 0.722. The van der Waals surface area contributed by atoms with Crippen molar-refractivity contribution in [1.82, 2.24) is 0 Å². The van der Waals surface area contributed by atoms with Gasteiger partial charge < -0.3 is 5.73 Å². The van der Waals surface area contributed by atoms with Gasteiger partial charge in [0.05, 0.1) is 5.56 Å². The third-order valence-electron chi connectivity index (χ3n) is 2.61. The second-order valence-electron chi connectivity index (χ2n) is 3.75. The molecule has 0 spiro atoms. The van der Waals surface area contributed by atoms with E-state index in [0.717, 1.165) is 12.1 Å². The molecule has 0 radical (unpaired) electrons. The van der Waals surface area contributed by atoms with E-state index in [1.165, 1.54) is 12.1 Å². The van der Waals surface area contributed by atoms with E-state index in [2.05, 4.69) is 0 Å². The van der Waals surface area contributed by atoms with Gasteiger partial charge in [0.2, 0.25) is 0 Å². The Morgan fingerprint density at radius 3 is 2.40 bits per heavy atom.